The second-order valence-electron chi connectivity index (χ2n) is 7.60. The maximum atomic E-state index is 13.9. The minimum absolute atomic E-state index is 0.220. The molecule has 1 amide bonds. The van der Waals surface area contributed by atoms with Gasteiger partial charge in [-0.25, -0.2) is 4.68 Å². The molecule has 3 aromatic rings. The normalized spacial score (nSPS) is 14.5. The fraction of sp³-hybridized carbons (Fsp3) is 0.304. The van der Waals surface area contributed by atoms with Gasteiger partial charge in [-0.1, -0.05) is 23.8 Å². The minimum Gasteiger partial charge on any atom is -0.490 e. The van der Waals surface area contributed by atoms with Gasteiger partial charge in [0.05, 0.1) is 36.7 Å². The number of carbonyl (C=O) groups excluding carboxylic acids is 1. The van der Waals surface area contributed by atoms with Crippen LogP contribution in [-0.2, 0) is 6.18 Å². The van der Waals surface area contributed by atoms with E-state index in [1.165, 1.54) is 12.1 Å². The molecular formula is C23H22F3N3O3. The quantitative estimate of drug-likeness (QED) is 0.624. The average Bonchev–Trinajstić information content (AvgIpc) is 3.08. The second kappa shape index (κ2) is 8.57. The number of rotatable bonds is 4. The van der Waals surface area contributed by atoms with Gasteiger partial charge in [0.25, 0.3) is 5.91 Å². The van der Waals surface area contributed by atoms with Crippen molar-refractivity contribution in [2.24, 2.45) is 0 Å². The van der Waals surface area contributed by atoms with Crippen LogP contribution in [0.3, 0.4) is 0 Å². The Kier molecular flexibility index (Phi) is 5.82. The summed E-state index contributed by atoms with van der Waals surface area (Å²) in [5, 5.41) is 6.48. The molecule has 168 valence electrons. The van der Waals surface area contributed by atoms with E-state index in [1.807, 2.05) is 6.92 Å². The smallest absolute Gasteiger partial charge is 0.434 e. The molecule has 1 aromatic heterocycles. The lowest BCUT2D eigenvalue weighted by atomic mass is 10.1. The molecule has 1 unspecified atom stereocenters. The van der Waals surface area contributed by atoms with E-state index < -0.39 is 29.4 Å². The topological polar surface area (TPSA) is 65.4 Å². The molecule has 0 fully saturated rings. The van der Waals surface area contributed by atoms with Crippen molar-refractivity contribution >= 4 is 5.91 Å². The molecule has 4 rings (SSSR count). The fourth-order valence-corrected chi connectivity index (χ4v) is 3.48. The van der Waals surface area contributed by atoms with Crippen LogP contribution >= 0.6 is 0 Å². The molecule has 0 saturated heterocycles. The van der Waals surface area contributed by atoms with E-state index >= 15 is 0 Å². The largest absolute Gasteiger partial charge is 0.490 e. The number of aryl methyl sites for hydroxylation is 1. The zero-order valence-electron chi connectivity index (χ0n) is 17.6. The van der Waals surface area contributed by atoms with Crippen molar-refractivity contribution in [2.45, 2.75) is 32.5 Å². The molecule has 6 nitrogen and oxygen atoms in total. The number of carbonyl (C=O) groups is 1. The maximum absolute atomic E-state index is 13.9. The van der Waals surface area contributed by atoms with Crippen molar-refractivity contribution in [3.05, 3.63) is 71.0 Å². The first kappa shape index (κ1) is 21.7. The summed E-state index contributed by atoms with van der Waals surface area (Å²) in [7, 11) is 0. The zero-order valence-corrected chi connectivity index (χ0v) is 17.6. The minimum atomic E-state index is -4.77. The van der Waals surface area contributed by atoms with Crippen LogP contribution in [0.1, 0.15) is 46.6 Å². The van der Waals surface area contributed by atoms with Gasteiger partial charge in [0, 0.05) is 6.42 Å². The summed E-state index contributed by atoms with van der Waals surface area (Å²) >= 11 is 0. The standard InChI is InChI=1S/C23H22F3N3O3/c1-14-4-7-17(8-5-14)29-21(23(24,25)26)18(13-27-29)22(30)28-15(2)16-6-9-19-20(12-16)32-11-3-10-31-19/h4-9,12-13,15H,3,10-11H2,1-2H3,(H,28,30). The van der Waals surface area contributed by atoms with Gasteiger partial charge in [-0.3, -0.25) is 4.79 Å². The summed E-state index contributed by atoms with van der Waals surface area (Å²) in [5.74, 6) is 0.281. The number of hydrogen-bond donors (Lipinski definition) is 1. The van der Waals surface area contributed by atoms with Gasteiger partial charge >= 0.3 is 6.18 Å². The molecule has 1 aliphatic rings. The molecular weight excluding hydrogens is 423 g/mol. The Labute approximate surface area is 183 Å². The lowest BCUT2D eigenvalue weighted by molar-refractivity contribution is -0.143. The summed E-state index contributed by atoms with van der Waals surface area (Å²) in [4.78, 5) is 12.8. The van der Waals surface area contributed by atoms with Crippen molar-refractivity contribution in [1.82, 2.24) is 15.1 Å². The highest BCUT2D eigenvalue weighted by Crippen LogP contribution is 2.35. The van der Waals surface area contributed by atoms with Crippen LogP contribution in [0, 0.1) is 6.92 Å². The number of nitrogens with zero attached hydrogens (tertiary/aromatic N) is 2. The first-order chi connectivity index (χ1) is 15.2. The van der Waals surface area contributed by atoms with Gasteiger partial charge in [-0.05, 0) is 43.7 Å². The van der Waals surface area contributed by atoms with Gasteiger partial charge in [0.2, 0.25) is 0 Å². The van der Waals surface area contributed by atoms with Gasteiger partial charge in [-0.15, -0.1) is 0 Å². The Bertz CT molecular complexity index is 1120. The van der Waals surface area contributed by atoms with Crippen LogP contribution in [0.2, 0.25) is 0 Å². The summed E-state index contributed by atoms with van der Waals surface area (Å²) in [5.41, 5.74) is 0.139. The molecule has 0 saturated carbocycles. The Morgan fingerprint density at radius 1 is 1.09 bits per heavy atom. The molecule has 1 aliphatic heterocycles. The number of ether oxygens (including phenoxy) is 2. The van der Waals surface area contributed by atoms with Gasteiger partial charge in [0.15, 0.2) is 17.2 Å². The van der Waals surface area contributed by atoms with Crippen LogP contribution in [0.25, 0.3) is 5.69 Å². The SMILES string of the molecule is Cc1ccc(-n2ncc(C(=O)NC(C)c3ccc4c(c3)OCCCO4)c2C(F)(F)F)cc1. The Morgan fingerprint density at radius 2 is 1.78 bits per heavy atom. The highest BCUT2D eigenvalue weighted by atomic mass is 19.4. The Hall–Kier alpha value is -3.49. The van der Waals surface area contributed by atoms with Crippen molar-refractivity contribution in [1.29, 1.82) is 0 Å². The molecule has 0 aliphatic carbocycles. The van der Waals surface area contributed by atoms with E-state index in [0.717, 1.165) is 22.9 Å². The first-order valence-corrected chi connectivity index (χ1v) is 10.2. The van der Waals surface area contributed by atoms with E-state index in [-0.39, 0.29) is 5.69 Å². The molecule has 2 heterocycles. The number of halogens is 3. The molecule has 9 heteroatoms. The highest BCUT2D eigenvalue weighted by molar-refractivity contribution is 5.95. The highest BCUT2D eigenvalue weighted by Gasteiger charge is 2.40. The number of aromatic nitrogens is 2. The van der Waals surface area contributed by atoms with Crippen LogP contribution in [0.15, 0.2) is 48.7 Å². The zero-order chi connectivity index (χ0) is 22.9. The molecule has 0 bridgehead atoms. The van der Waals surface area contributed by atoms with E-state index in [9.17, 15) is 18.0 Å². The van der Waals surface area contributed by atoms with E-state index in [0.29, 0.717) is 30.3 Å². The summed E-state index contributed by atoms with van der Waals surface area (Å²) in [6.45, 7) is 4.57. The summed E-state index contributed by atoms with van der Waals surface area (Å²) in [6, 6.07) is 11.1. The lowest BCUT2D eigenvalue weighted by Gasteiger charge is -2.17. The predicted molar refractivity (Wildman–Crippen MR) is 111 cm³/mol. The van der Waals surface area contributed by atoms with Gasteiger partial charge in [-0.2, -0.15) is 18.3 Å². The third kappa shape index (κ3) is 4.42. The third-order valence-electron chi connectivity index (χ3n) is 5.18. The van der Waals surface area contributed by atoms with Crippen molar-refractivity contribution in [3.8, 4) is 17.2 Å². The lowest BCUT2D eigenvalue weighted by Crippen LogP contribution is -2.29. The molecule has 2 aromatic carbocycles. The monoisotopic (exact) mass is 445 g/mol. The predicted octanol–water partition coefficient (Wildman–Crippen LogP) is 4.85. The number of nitrogens with one attached hydrogen (secondary N) is 1. The Morgan fingerprint density at radius 3 is 2.47 bits per heavy atom. The van der Waals surface area contributed by atoms with E-state index in [2.05, 4.69) is 10.4 Å². The van der Waals surface area contributed by atoms with Crippen LogP contribution in [0.5, 0.6) is 11.5 Å². The number of amides is 1. The van der Waals surface area contributed by atoms with Crippen molar-refractivity contribution < 1.29 is 27.4 Å². The van der Waals surface area contributed by atoms with Crippen LogP contribution in [-0.4, -0.2) is 28.9 Å². The molecule has 1 atom stereocenters. The third-order valence-corrected chi connectivity index (χ3v) is 5.18. The number of benzene rings is 2. The van der Waals surface area contributed by atoms with Crippen LogP contribution < -0.4 is 14.8 Å². The second-order valence-corrected chi connectivity index (χ2v) is 7.60. The summed E-state index contributed by atoms with van der Waals surface area (Å²) in [6.07, 6.45) is -3.08. The fourth-order valence-electron chi connectivity index (χ4n) is 3.48. The van der Waals surface area contributed by atoms with E-state index in [4.69, 9.17) is 9.47 Å². The van der Waals surface area contributed by atoms with Gasteiger partial charge in [0.1, 0.15) is 0 Å². The molecule has 32 heavy (non-hydrogen) atoms. The molecule has 0 spiro atoms. The number of fused-ring (bicyclic) bond motifs is 1. The van der Waals surface area contributed by atoms with Gasteiger partial charge < -0.3 is 14.8 Å². The number of alkyl halides is 3. The van der Waals surface area contributed by atoms with Crippen LogP contribution in [0.4, 0.5) is 13.2 Å². The molecule has 0 radical (unpaired) electrons. The Balaban J connectivity index is 1.61. The average molecular weight is 445 g/mol. The molecule has 1 N–H and O–H groups in total. The van der Waals surface area contributed by atoms with Crippen molar-refractivity contribution in [2.75, 3.05) is 13.2 Å². The first-order valence-electron chi connectivity index (χ1n) is 10.2. The summed E-state index contributed by atoms with van der Waals surface area (Å²) < 4.78 is 53.6. The number of hydrogen-bond acceptors (Lipinski definition) is 4. The maximum Gasteiger partial charge on any atom is 0.434 e. The van der Waals surface area contributed by atoms with Crippen molar-refractivity contribution in [3.63, 3.8) is 0 Å². The van der Waals surface area contributed by atoms with E-state index in [1.54, 1.807) is 37.3 Å².